The lowest BCUT2D eigenvalue weighted by molar-refractivity contribution is 0.118. The third-order valence-corrected chi connectivity index (χ3v) is 3.48. The van der Waals surface area contributed by atoms with Gasteiger partial charge in [-0.25, -0.2) is 4.68 Å². The van der Waals surface area contributed by atoms with Gasteiger partial charge in [-0.1, -0.05) is 0 Å². The molecule has 1 saturated carbocycles. The first-order chi connectivity index (χ1) is 10.2. The van der Waals surface area contributed by atoms with Gasteiger partial charge in [-0.3, -0.25) is 0 Å². The molecule has 0 atom stereocenters. The van der Waals surface area contributed by atoms with Gasteiger partial charge in [0.2, 0.25) is 0 Å². The van der Waals surface area contributed by atoms with Gasteiger partial charge >= 0.3 is 0 Å². The second kappa shape index (κ2) is 6.09. The second-order valence-electron chi connectivity index (χ2n) is 5.49. The Bertz CT molecular complexity index is 587. The van der Waals surface area contributed by atoms with Gasteiger partial charge in [0.25, 0.3) is 0 Å². The monoisotopic (exact) mass is 288 g/mol. The molecule has 1 aromatic carbocycles. The van der Waals surface area contributed by atoms with Crippen molar-refractivity contribution >= 4 is 11.4 Å². The van der Waals surface area contributed by atoms with Crippen LogP contribution in [0.3, 0.4) is 0 Å². The molecule has 1 aromatic heterocycles. The minimum absolute atomic E-state index is 0.604. The Hall–Kier alpha value is -2.15. The number of ether oxygens (including phenoxy) is 1. The SMILES string of the molecule is Nc1cc(N)cc(-c2nnnn2CCCOCC2CC2)c1. The van der Waals surface area contributed by atoms with Gasteiger partial charge in [0, 0.05) is 36.7 Å². The van der Waals surface area contributed by atoms with E-state index in [1.165, 1.54) is 12.8 Å². The average Bonchev–Trinajstić information content (AvgIpc) is 3.13. The maximum atomic E-state index is 5.81. The lowest BCUT2D eigenvalue weighted by Crippen LogP contribution is -2.07. The third kappa shape index (κ3) is 3.69. The van der Waals surface area contributed by atoms with E-state index in [4.69, 9.17) is 16.2 Å². The van der Waals surface area contributed by atoms with Crippen LogP contribution in [0.15, 0.2) is 18.2 Å². The van der Waals surface area contributed by atoms with Gasteiger partial charge in [0.15, 0.2) is 5.82 Å². The topological polar surface area (TPSA) is 105 Å². The van der Waals surface area contributed by atoms with Crippen LogP contribution in [-0.2, 0) is 11.3 Å². The van der Waals surface area contributed by atoms with Crippen molar-refractivity contribution in [2.75, 3.05) is 24.7 Å². The summed E-state index contributed by atoms with van der Waals surface area (Å²) in [4.78, 5) is 0. The Morgan fingerprint density at radius 3 is 2.67 bits per heavy atom. The molecule has 0 radical (unpaired) electrons. The number of tetrazole rings is 1. The second-order valence-corrected chi connectivity index (χ2v) is 5.49. The molecule has 0 bridgehead atoms. The number of aryl methyl sites for hydroxylation is 1. The standard InChI is InChI=1S/C14H20N6O/c15-12-6-11(7-13(16)8-12)14-17-18-19-20(14)4-1-5-21-9-10-2-3-10/h6-8,10H,1-5,9,15-16H2. The summed E-state index contributed by atoms with van der Waals surface area (Å²) in [6, 6.07) is 5.35. The number of anilines is 2. The summed E-state index contributed by atoms with van der Waals surface area (Å²) < 4.78 is 7.38. The molecule has 0 unspecified atom stereocenters. The molecule has 0 spiro atoms. The lowest BCUT2D eigenvalue weighted by atomic mass is 10.1. The summed E-state index contributed by atoms with van der Waals surface area (Å²) >= 11 is 0. The summed E-state index contributed by atoms with van der Waals surface area (Å²) in [5.41, 5.74) is 13.7. The van der Waals surface area contributed by atoms with Gasteiger partial charge in [-0.15, -0.1) is 5.10 Å². The summed E-state index contributed by atoms with van der Waals surface area (Å²) in [5.74, 6) is 1.47. The van der Waals surface area contributed by atoms with Crippen molar-refractivity contribution in [2.45, 2.75) is 25.8 Å². The first-order valence-electron chi connectivity index (χ1n) is 7.22. The van der Waals surface area contributed by atoms with Gasteiger partial charge < -0.3 is 16.2 Å². The van der Waals surface area contributed by atoms with E-state index >= 15 is 0 Å². The highest BCUT2D eigenvalue weighted by atomic mass is 16.5. The predicted octanol–water partition coefficient (Wildman–Crippen LogP) is 1.32. The van der Waals surface area contributed by atoms with Crippen LogP contribution in [0.4, 0.5) is 11.4 Å². The van der Waals surface area contributed by atoms with Crippen molar-refractivity contribution in [2.24, 2.45) is 5.92 Å². The smallest absolute Gasteiger partial charge is 0.182 e. The van der Waals surface area contributed by atoms with E-state index in [-0.39, 0.29) is 0 Å². The summed E-state index contributed by atoms with van der Waals surface area (Å²) in [5, 5.41) is 11.8. The molecule has 0 saturated heterocycles. The normalized spacial score (nSPS) is 14.5. The minimum Gasteiger partial charge on any atom is -0.399 e. The molecule has 7 heteroatoms. The van der Waals surface area contributed by atoms with Crippen molar-refractivity contribution in [3.63, 3.8) is 0 Å². The van der Waals surface area contributed by atoms with Crippen molar-refractivity contribution in [1.29, 1.82) is 0 Å². The largest absolute Gasteiger partial charge is 0.399 e. The van der Waals surface area contributed by atoms with Crippen LogP contribution < -0.4 is 11.5 Å². The maximum absolute atomic E-state index is 5.81. The van der Waals surface area contributed by atoms with E-state index in [1.807, 2.05) is 12.1 Å². The first kappa shape index (κ1) is 13.8. The maximum Gasteiger partial charge on any atom is 0.182 e. The molecule has 1 aliphatic carbocycles. The number of rotatable bonds is 7. The molecule has 112 valence electrons. The van der Waals surface area contributed by atoms with Crippen LogP contribution in [0.25, 0.3) is 11.4 Å². The van der Waals surface area contributed by atoms with Crippen LogP contribution in [0.2, 0.25) is 0 Å². The van der Waals surface area contributed by atoms with E-state index in [2.05, 4.69) is 15.5 Å². The van der Waals surface area contributed by atoms with E-state index in [0.717, 1.165) is 31.1 Å². The fourth-order valence-corrected chi connectivity index (χ4v) is 2.22. The highest BCUT2D eigenvalue weighted by Crippen LogP contribution is 2.28. The average molecular weight is 288 g/mol. The van der Waals surface area contributed by atoms with Crippen LogP contribution in [0, 0.1) is 5.92 Å². The summed E-state index contributed by atoms with van der Waals surface area (Å²) in [6.45, 7) is 2.32. The van der Waals surface area contributed by atoms with E-state index in [1.54, 1.807) is 10.7 Å². The van der Waals surface area contributed by atoms with Crippen molar-refractivity contribution in [3.05, 3.63) is 18.2 Å². The molecular weight excluding hydrogens is 268 g/mol. The van der Waals surface area contributed by atoms with E-state index in [0.29, 0.717) is 23.7 Å². The lowest BCUT2D eigenvalue weighted by Gasteiger charge is -2.07. The Morgan fingerprint density at radius 1 is 1.19 bits per heavy atom. The highest BCUT2D eigenvalue weighted by Gasteiger charge is 2.20. The fraction of sp³-hybridized carbons (Fsp3) is 0.500. The molecule has 4 N–H and O–H groups in total. The number of nitrogens with zero attached hydrogens (tertiary/aromatic N) is 4. The molecule has 2 aromatic rings. The molecule has 0 amide bonds. The zero-order valence-electron chi connectivity index (χ0n) is 11.9. The Balaban J connectivity index is 1.60. The quantitative estimate of drug-likeness (QED) is 0.588. The first-order valence-corrected chi connectivity index (χ1v) is 7.22. The van der Waals surface area contributed by atoms with Gasteiger partial charge in [-0.2, -0.15) is 0 Å². The number of nitrogen functional groups attached to an aromatic ring is 2. The van der Waals surface area contributed by atoms with E-state index < -0.39 is 0 Å². The predicted molar refractivity (Wildman–Crippen MR) is 80.2 cm³/mol. The number of benzene rings is 1. The molecule has 0 aliphatic heterocycles. The number of hydrogen-bond donors (Lipinski definition) is 2. The Labute approximate surface area is 123 Å². The molecular formula is C14H20N6O. The Kier molecular flexibility index (Phi) is 4.01. The number of hydrogen-bond acceptors (Lipinski definition) is 6. The zero-order valence-corrected chi connectivity index (χ0v) is 11.9. The van der Waals surface area contributed by atoms with Crippen molar-refractivity contribution in [3.8, 4) is 11.4 Å². The van der Waals surface area contributed by atoms with Crippen molar-refractivity contribution in [1.82, 2.24) is 20.2 Å². The molecule has 21 heavy (non-hydrogen) atoms. The number of nitrogens with two attached hydrogens (primary N) is 2. The molecule has 1 aliphatic rings. The summed E-state index contributed by atoms with van der Waals surface area (Å²) in [7, 11) is 0. The molecule has 3 rings (SSSR count). The highest BCUT2D eigenvalue weighted by molar-refractivity contribution is 5.67. The van der Waals surface area contributed by atoms with Crippen LogP contribution >= 0.6 is 0 Å². The van der Waals surface area contributed by atoms with Crippen molar-refractivity contribution < 1.29 is 4.74 Å². The number of aromatic nitrogens is 4. The zero-order chi connectivity index (χ0) is 14.7. The summed E-state index contributed by atoms with van der Waals surface area (Å²) in [6.07, 6.45) is 3.50. The Morgan fingerprint density at radius 2 is 1.95 bits per heavy atom. The van der Waals surface area contributed by atoms with Gasteiger partial charge in [0.1, 0.15) is 0 Å². The van der Waals surface area contributed by atoms with Crippen LogP contribution in [-0.4, -0.2) is 33.4 Å². The van der Waals surface area contributed by atoms with Gasteiger partial charge in [0.05, 0.1) is 0 Å². The van der Waals surface area contributed by atoms with Crippen LogP contribution in [0.1, 0.15) is 19.3 Å². The molecule has 7 nitrogen and oxygen atoms in total. The fourth-order valence-electron chi connectivity index (χ4n) is 2.22. The molecule has 1 fully saturated rings. The minimum atomic E-state index is 0.604. The molecule has 1 heterocycles. The van der Waals surface area contributed by atoms with E-state index in [9.17, 15) is 0 Å². The van der Waals surface area contributed by atoms with Crippen LogP contribution in [0.5, 0.6) is 0 Å². The third-order valence-electron chi connectivity index (χ3n) is 3.48. The van der Waals surface area contributed by atoms with Gasteiger partial charge in [-0.05, 0) is 53.8 Å².